The van der Waals surface area contributed by atoms with Crippen molar-refractivity contribution in [2.24, 2.45) is 0 Å². The number of hydrogen-bond acceptors (Lipinski definition) is 7. The van der Waals surface area contributed by atoms with E-state index in [1.54, 1.807) is 43.3 Å². The average Bonchev–Trinajstić information content (AvgIpc) is 3.12. The highest BCUT2D eigenvalue weighted by atomic mass is 32.2. The van der Waals surface area contributed by atoms with Gasteiger partial charge in [0, 0.05) is 31.7 Å². The van der Waals surface area contributed by atoms with Crippen LogP contribution in [0, 0.1) is 13.8 Å². The van der Waals surface area contributed by atoms with Gasteiger partial charge < -0.3 is 14.4 Å². The molecule has 0 N–H and O–H groups in total. The molecule has 4 rings (SSSR count). The van der Waals surface area contributed by atoms with Crippen molar-refractivity contribution in [3.63, 3.8) is 0 Å². The van der Waals surface area contributed by atoms with E-state index >= 15 is 0 Å². The predicted octanol–water partition coefficient (Wildman–Crippen LogP) is 1.98. The van der Waals surface area contributed by atoms with E-state index in [1.165, 1.54) is 9.21 Å². The highest BCUT2D eigenvalue weighted by Gasteiger charge is 2.34. The Morgan fingerprint density at radius 2 is 1.76 bits per heavy atom. The number of ether oxygens (including phenoxy) is 2. The maximum atomic E-state index is 13.0. The molecule has 0 spiro atoms. The molecule has 0 radical (unpaired) electrons. The number of benzene rings is 2. The molecule has 1 atom stereocenters. The zero-order valence-corrected chi connectivity index (χ0v) is 19.8. The summed E-state index contributed by atoms with van der Waals surface area (Å²) in [6.45, 7) is 3.93. The Bertz CT molecular complexity index is 1230. The van der Waals surface area contributed by atoms with Crippen LogP contribution < -0.4 is 0 Å². The second-order valence-electron chi connectivity index (χ2n) is 8.40. The third-order valence-electron chi connectivity index (χ3n) is 6.03. The van der Waals surface area contributed by atoms with E-state index in [0.29, 0.717) is 16.7 Å². The Morgan fingerprint density at radius 1 is 1.06 bits per heavy atom. The number of sulfonamides is 1. The number of carbonyl (C=O) groups is 3. The first kappa shape index (κ1) is 23.9. The smallest absolute Gasteiger partial charge is 0.339 e. The van der Waals surface area contributed by atoms with Gasteiger partial charge in [0.25, 0.3) is 5.91 Å². The number of nitrogens with zero attached hydrogens (tertiary/aromatic N) is 2. The highest BCUT2D eigenvalue weighted by molar-refractivity contribution is 7.89. The van der Waals surface area contributed by atoms with Crippen molar-refractivity contribution >= 4 is 27.9 Å². The van der Waals surface area contributed by atoms with E-state index in [9.17, 15) is 22.8 Å². The molecule has 9 nitrogen and oxygen atoms in total. The standard InChI is InChI=1S/C24H26N2O7S/c1-16-7-8-21(17(2)13-16)34(30,31)26-11-9-25(10-12-26)22(27)15-32-23(28)14-20-18-5-3-4-6-19(18)24(29)33-20/h3-8,13,20H,9-12,14-15H2,1-2H3. The number of rotatable bonds is 6. The number of fused-ring (bicyclic) bond motifs is 1. The molecule has 2 aliphatic rings. The molecule has 1 fully saturated rings. The molecule has 1 unspecified atom stereocenters. The van der Waals surface area contributed by atoms with Gasteiger partial charge in [-0.1, -0.05) is 35.9 Å². The molecule has 10 heteroatoms. The van der Waals surface area contributed by atoms with Gasteiger partial charge in [0.1, 0.15) is 6.10 Å². The number of carbonyl (C=O) groups excluding carboxylic acids is 3. The first-order valence-corrected chi connectivity index (χ1v) is 12.4. The summed E-state index contributed by atoms with van der Waals surface area (Å²) in [4.78, 5) is 38.3. The van der Waals surface area contributed by atoms with Gasteiger partial charge in [-0.25, -0.2) is 13.2 Å². The summed E-state index contributed by atoms with van der Waals surface area (Å²) in [5, 5.41) is 0. The number of amides is 1. The van der Waals surface area contributed by atoms with Gasteiger partial charge in [-0.2, -0.15) is 4.31 Å². The molecule has 2 aromatic carbocycles. The lowest BCUT2D eigenvalue weighted by Gasteiger charge is -2.34. The quantitative estimate of drug-likeness (QED) is 0.574. The minimum atomic E-state index is -3.66. The number of hydrogen-bond donors (Lipinski definition) is 0. The van der Waals surface area contributed by atoms with Crippen molar-refractivity contribution in [1.29, 1.82) is 0 Å². The molecular formula is C24H26N2O7S. The van der Waals surface area contributed by atoms with Gasteiger partial charge in [-0.3, -0.25) is 9.59 Å². The second-order valence-corrected chi connectivity index (χ2v) is 10.3. The molecule has 0 bridgehead atoms. The Hall–Kier alpha value is -3.24. The van der Waals surface area contributed by atoms with E-state index in [0.717, 1.165) is 5.56 Å². The number of cyclic esters (lactones) is 1. The predicted molar refractivity (Wildman–Crippen MR) is 121 cm³/mol. The SMILES string of the molecule is Cc1ccc(S(=O)(=O)N2CCN(C(=O)COC(=O)CC3OC(=O)c4ccccc43)CC2)c(C)c1. The maximum Gasteiger partial charge on any atom is 0.339 e. The lowest BCUT2D eigenvalue weighted by molar-refractivity contribution is -0.154. The fraction of sp³-hybridized carbons (Fsp3) is 0.375. The zero-order valence-electron chi connectivity index (χ0n) is 19.0. The minimum Gasteiger partial charge on any atom is -0.455 e. The normalized spacial score (nSPS) is 18.4. The molecule has 2 aromatic rings. The fourth-order valence-corrected chi connectivity index (χ4v) is 5.85. The molecule has 0 aromatic heterocycles. The Kier molecular flexibility index (Phi) is 6.72. The zero-order chi connectivity index (χ0) is 24.5. The van der Waals surface area contributed by atoms with Crippen LogP contribution in [0.5, 0.6) is 0 Å². The molecule has 180 valence electrons. The van der Waals surface area contributed by atoms with Crippen LogP contribution in [0.1, 0.15) is 39.6 Å². The highest BCUT2D eigenvalue weighted by Crippen LogP contribution is 2.33. The summed E-state index contributed by atoms with van der Waals surface area (Å²) < 4.78 is 37.7. The lowest BCUT2D eigenvalue weighted by atomic mass is 10.0. The Labute approximate surface area is 198 Å². The average molecular weight is 487 g/mol. The van der Waals surface area contributed by atoms with E-state index < -0.39 is 40.6 Å². The third-order valence-corrected chi connectivity index (χ3v) is 8.08. The number of piperazine rings is 1. The van der Waals surface area contributed by atoms with Gasteiger partial charge >= 0.3 is 11.9 Å². The van der Waals surface area contributed by atoms with Crippen molar-refractivity contribution in [1.82, 2.24) is 9.21 Å². The molecule has 34 heavy (non-hydrogen) atoms. The Balaban J connectivity index is 1.27. The summed E-state index contributed by atoms with van der Waals surface area (Å²) in [6, 6.07) is 12.0. The van der Waals surface area contributed by atoms with Crippen molar-refractivity contribution in [3.05, 3.63) is 64.7 Å². The van der Waals surface area contributed by atoms with E-state index in [2.05, 4.69) is 0 Å². The second kappa shape index (κ2) is 9.55. The van der Waals surface area contributed by atoms with Gasteiger partial charge in [0.2, 0.25) is 10.0 Å². The summed E-state index contributed by atoms with van der Waals surface area (Å²) in [5.41, 5.74) is 2.71. The molecule has 0 aliphatic carbocycles. The summed E-state index contributed by atoms with van der Waals surface area (Å²) >= 11 is 0. The lowest BCUT2D eigenvalue weighted by Crippen LogP contribution is -2.51. The van der Waals surface area contributed by atoms with E-state index in [1.807, 2.05) is 13.0 Å². The van der Waals surface area contributed by atoms with Crippen molar-refractivity contribution in [3.8, 4) is 0 Å². The van der Waals surface area contributed by atoms with Gasteiger partial charge in [0.05, 0.1) is 16.9 Å². The van der Waals surface area contributed by atoms with E-state index in [-0.39, 0.29) is 37.5 Å². The van der Waals surface area contributed by atoms with Crippen LogP contribution >= 0.6 is 0 Å². The van der Waals surface area contributed by atoms with Gasteiger partial charge in [0.15, 0.2) is 6.61 Å². The molecule has 1 saturated heterocycles. The van der Waals surface area contributed by atoms with Crippen LogP contribution in [0.3, 0.4) is 0 Å². The molecule has 1 amide bonds. The van der Waals surface area contributed by atoms with Crippen molar-refractivity contribution < 1.29 is 32.3 Å². The number of esters is 2. The van der Waals surface area contributed by atoms with Crippen LogP contribution in [-0.4, -0.2) is 68.3 Å². The maximum absolute atomic E-state index is 13.0. The molecule has 2 aliphatic heterocycles. The van der Waals surface area contributed by atoms with Gasteiger partial charge in [-0.05, 0) is 31.5 Å². The largest absolute Gasteiger partial charge is 0.455 e. The van der Waals surface area contributed by atoms with Crippen LogP contribution in [0.25, 0.3) is 0 Å². The van der Waals surface area contributed by atoms with Crippen LogP contribution in [0.4, 0.5) is 0 Å². The van der Waals surface area contributed by atoms with Crippen LogP contribution in [-0.2, 0) is 29.1 Å². The summed E-state index contributed by atoms with van der Waals surface area (Å²) in [5.74, 6) is -1.54. The third kappa shape index (κ3) is 4.83. The summed E-state index contributed by atoms with van der Waals surface area (Å²) in [6.07, 6.45) is -0.914. The number of aryl methyl sites for hydroxylation is 2. The van der Waals surface area contributed by atoms with Crippen LogP contribution in [0.2, 0.25) is 0 Å². The molecular weight excluding hydrogens is 460 g/mol. The Morgan fingerprint density at radius 3 is 2.47 bits per heavy atom. The first-order valence-electron chi connectivity index (χ1n) is 11.0. The van der Waals surface area contributed by atoms with Crippen molar-refractivity contribution in [2.45, 2.75) is 31.3 Å². The first-order chi connectivity index (χ1) is 16.2. The van der Waals surface area contributed by atoms with Gasteiger partial charge in [-0.15, -0.1) is 0 Å². The molecule has 2 heterocycles. The molecule has 0 saturated carbocycles. The van der Waals surface area contributed by atoms with Crippen LogP contribution in [0.15, 0.2) is 47.4 Å². The topological polar surface area (TPSA) is 110 Å². The monoisotopic (exact) mass is 486 g/mol. The minimum absolute atomic E-state index is 0.157. The van der Waals surface area contributed by atoms with E-state index in [4.69, 9.17) is 9.47 Å². The van der Waals surface area contributed by atoms with Crippen molar-refractivity contribution in [2.75, 3.05) is 32.8 Å². The summed E-state index contributed by atoms with van der Waals surface area (Å²) in [7, 11) is -3.66. The fourth-order valence-electron chi connectivity index (χ4n) is 4.22.